The lowest BCUT2D eigenvalue weighted by atomic mass is 10.2. The van der Waals surface area contributed by atoms with E-state index in [2.05, 4.69) is 0 Å². The Morgan fingerprint density at radius 2 is 1.95 bits per heavy atom. The fourth-order valence-corrected chi connectivity index (χ4v) is 2.11. The molecular formula is C14H17Cl2NO3. The molecule has 0 bridgehead atoms. The molecule has 0 radical (unpaired) electrons. The van der Waals surface area contributed by atoms with E-state index < -0.39 is 5.97 Å². The molecule has 0 aliphatic rings. The molecule has 0 atom stereocenters. The second-order valence-electron chi connectivity index (χ2n) is 4.13. The van der Waals surface area contributed by atoms with Crippen molar-refractivity contribution in [1.29, 1.82) is 0 Å². The van der Waals surface area contributed by atoms with Crippen LogP contribution in [0.15, 0.2) is 18.2 Å². The molecule has 0 aliphatic carbocycles. The molecule has 110 valence electrons. The summed E-state index contributed by atoms with van der Waals surface area (Å²) in [5, 5.41) is 0.509. The summed E-state index contributed by atoms with van der Waals surface area (Å²) in [7, 11) is 0. The number of benzene rings is 1. The summed E-state index contributed by atoms with van der Waals surface area (Å²) in [6.07, 6.45) is 0.726. The van der Waals surface area contributed by atoms with Crippen LogP contribution in [0, 0.1) is 0 Å². The summed E-state index contributed by atoms with van der Waals surface area (Å²) in [6, 6.07) is 4.84. The zero-order chi connectivity index (χ0) is 15.1. The minimum Gasteiger partial charge on any atom is -0.465 e. The molecule has 0 saturated carbocycles. The summed E-state index contributed by atoms with van der Waals surface area (Å²) in [4.78, 5) is 25.4. The van der Waals surface area contributed by atoms with E-state index in [0.717, 1.165) is 6.42 Å². The largest absolute Gasteiger partial charge is 0.465 e. The number of ether oxygens (including phenoxy) is 1. The van der Waals surface area contributed by atoms with Crippen molar-refractivity contribution < 1.29 is 14.3 Å². The smallest absolute Gasteiger partial charge is 0.325 e. The van der Waals surface area contributed by atoms with Gasteiger partial charge in [-0.1, -0.05) is 36.2 Å². The number of hydrogen-bond donors (Lipinski definition) is 0. The first kappa shape index (κ1) is 16.8. The van der Waals surface area contributed by atoms with Crippen LogP contribution in [-0.2, 0) is 9.53 Å². The average Bonchev–Trinajstić information content (AvgIpc) is 2.41. The van der Waals surface area contributed by atoms with Gasteiger partial charge < -0.3 is 9.64 Å². The van der Waals surface area contributed by atoms with Gasteiger partial charge in [0.1, 0.15) is 6.54 Å². The number of halogens is 2. The third-order valence-electron chi connectivity index (χ3n) is 2.59. The highest BCUT2D eigenvalue weighted by atomic mass is 35.5. The van der Waals surface area contributed by atoms with E-state index in [9.17, 15) is 9.59 Å². The quantitative estimate of drug-likeness (QED) is 0.755. The van der Waals surface area contributed by atoms with Gasteiger partial charge in [-0.3, -0.25) is 9.59 Å². The number of hydrogen-bond acceptors (Lipinski definition) is 3. The Balaban J connectivity index is 2.93. The average molecular weight is 318 g/mol. The maximum Gasteiger partial charge on any atom is 0.325 e. The Morgan fingerprint density at radius 1 is 1.25 bits per heavy atom. The molecule has 1 rings (SSSR count). The Morgan fingerprint density at radius 3 is 2.55 bits per heavy atom. The van der Waals surface area contributed by atoms with Gasteiger partial charge >= 0.3 is 5.97 Å². The van der Waals surface area contributed by atoms with Gasteiger partial charge in [0.2, 0.25) is 0 Å². The molecule has 0 unspecified atom stereocenters. The number of carbonyl (C=O) groups excluding carboxylic acids is 2. The molecular weight excluding hydrogens is 301 g/mol. The molecule has 0 aliphatic heterocycles. The lowest BCUT2D eigenvalue weighted by molar-refractivity contribution is -0.143. The van der Waals surface area contributed by atoms with Crippen LogP contribution in [0.1, 0.15) is 30.6 Å². The van der Waals surface area contributed by atoms with E-state index >= 15 is 0 Å². The summed E-state index contributed by atoms with van der Waals surface area (Å²) in [5.74, 6) is -0.764. The zero-order valence-electron chi connectivity index (χ0n) is 11.5. The topological polar surface area (TPSA) is 46.6 Å². The molecule has 0 aromatic heterocycles. The van der Waals surface area contributed by atoms with Crippen LogP contribution < -0.4 is 0 Å². The van der Waals surface area contributed by atoms with E-state index in [-0.39, 0.29) is 29.6 Å². The Bertz CT molecular complexity index is 491. The first-order chi connectivity index (χ1) is 9.51. The van der Waals surface area contributed by atoms with Crippen molar-refractivity contribution in [3.8, 4) is 0 Å². The summed E-state index contributed by atoms with van der Waals surface area (Å²) < 4.78 is 4.87. The number of amides is 1. The molecule has 4 nitrogen and oxygen atoms in total. The maximum absolute atomic E-state index is 12.4. The standard InChI is InChI=1S/C14H17Cl2NO3/c1-3-8-17(9-12(18)20-4-2)14(19)10-6-5-7-11(15)13(10)16/h5-7H,3-4,8-9H2,1-2H3. The first-order valence-corrected chi connectivity index (χ1v) is 7.15. The predicted octanol–water partition coefficient (Wildman–Crippen LogP) is 3.41. The van der Waals surface area contributed by atoms with Crippen molar-refractivity contribution in [3.63, 3.8) is 0 Å². The molecule has 0 N–H and O–H groups in total. The van der Waals surface area contributed by atoms with Crippen molar-refractivity contribution in [1.82, 2.24) is 4.90 Å². The predicted molar refractivity (Wildman–Crippen MR) is 79.3 cm³/mol. The minimum absolute atomic E-state index is 0.0939. The lowest BCUT2D eigenvalue weighted by Gasteiger charge is -2.21. The van der Waals surface area contributed by atoms with Gasteiger partial charge in [0.15, 0.2) is 0 Å². The highest BCUT2D eigenvalue weighted by Gasteiger charge is 2.21. The minimum atomic E-state index is -0.438. The van der Waals surface area contributed by atoms with Crippen LogP contribution >= 0.6 is 23.2 Å². The van der Waals surface area contributed by atoms with Crippen LogP contribution in [0.2, 0.25) is 10.0 Å². The van der Waals surface area contributed by atoms with E-state index in [1.54, 1.807) is 25.1 Å². The third kappa shape index (κ3) is 4.39. The number of esters is 1. The molecule has 1 amide bonds. The second-order valence-corrected chi connectivity index (χ2v) is 4.92. The number of nitrogens with zero attached hydrogens (tertiary/aromatic N) is 1. The molecule has 1 aromatic rings. The molecule has 0 saturated heterocycles. The summed E-state index contributed by atoms with van der Waals surface area (Å²) >= 11 is 11.9. The third-order valence-corrected chi connectivity index (χ3v) is 3.41. The van der Waals surface area contributed by atoms with Crippen molar-refractivity contribution in [2.24, 2.45) is 0 Å². The fourth-order valence-electron chi connectivity index (χ4n) is 1.72. The van der Waals surface area contributed by atoms with Crippen LogP contribution in [0.5, 0.6) is 0 Å². The Hall–Kier alpha value is -1.26. The van der Waals surface area contributed by atoms with Gasteiger partial charge in [0, 0.05) is 6.54 Å². The van der Waals surface area contributed by atoms with Gasteiger partial charge in [-0.15, -0.1) is 0 Å². The van der Waals surface area contributed by atoms with E-state index in [1.165, 1.54) is 4.90 Å². The van der Waals surface area contributed by atoms with Crippen LogP contribution in [0.3, 0.4) is 0 Å². The van der Waals surface area contributed by atoms with Crippen LogP contribution in [0.4, 0.5) is 0 Å². The SMILES string of the molecule is CCCN(CC(=O)OCC)C(=O)c1cccc(Cl)c1Cl. The Labute approximate surface area is 128 Å². The second kappa shape index (κ2) is 8.12. The van der Waals surface area contributed by atoms with Gasteiger partial charge in [0.25, 0.3) is 5.91 Å². The van der Waals surface area contributed by atoms with Gasteiger partial charge in [-0.2, -0.15) is 0 Å². The number of rotatable bonds is 6. The van der Waals surface area contributed by atoms with Crippen molar-refractivity contribution >= 4 is 35.1 Å². The highest BCUT2D eigenvalue weighted by Crippen LogP contribution is 2.26. The van der Waals surface area contributed by atoms with E-state index in [0.29, 0.717) is 11.6 Å². The van der Waals surface area contributed by atoms with Gasteiger partial charge in [-0.25, -0.2) is 0 Å². The lowest BCUT2D eigenvalue weighted by Crippen LogP contribution is -2.37. The maximum atomic E-state index is 12.4. The van der Waals surface area contributed by atoms with Crippen LogP contribution in [-0.4, -0.2) is 36.5 Å². The summed E-state index contributed by atoms with van der Waals surface area (Å²) in [5.41, 5.74) is 0.289. The molecule has 6 heteroatoms. The molecule has 0 spiro atoms. The van der Waals surface area contributed by atoms with E-state index in [4.69, 9.17) is 27.9 Å². The summed E-state index contributed by atoms with van der Waals surface area (Å²) in [6.45, 7) is 4.28. The van der Waals surface area contributed by atoms with Crippen molar-refractivity contribution in [3.05, 3.63) is 33.8 Å². The number of carbonyl (C=O) groups is 2. The normalized spacial score (nSPS) is 10.2. The van der Waals surface area contributed by atoms with Gasteiger partial charge in [0.05, 0.1) is 22.2 Å². The van der Waals surface area contributed by atoms with E-state index in [1.807, 2.05) is 6.92 Å². The zero-order valence-corrected chi connectivity index (χ0v) is 13.0. The van der Waals surface area contributed by atoms with Crippen molar-refractivity contribution in [2.45, 2.75) is 20.3 Å². The molecule has 0 fully saturated rings. The Kier molecular flexibility index (Phi) is 6.82. The molecule has 1 aromatic carbocycles. The monoisotopic (exact) mass is 317 g/mol. The fraction of sp³-hybridized carbons (Fsp3) is 0.429. The van der Waals surface area contributed by atoms with Gasteiger partial charge in [-0.05, 0) is 25.5 Å². The highest BCUT2D eigenvalue weighted by molar-refractivity contribution is 6.43. The molecule has 20 heavy (non-hydrogen) atoms. The van der Waals surface area contributed by atoms with Crippen LogP contribution in [0.25, 0.3) is 0 Å². The first-order valence-electron chi connectivity index (χ1n) is 6.40. The molecule has 0 heterocycles. The van der Waals surface area contributed by atoms with Crippen molar-refractivity contribution in [2.75, 3.05) is 19.7 Å².